The monoisotopic (exact) mass is 291 g/mol. The first kappa shape index (κ1) is 14.9. The maximum atomic E-state index is 11.2. The van der Waals surface area contributed by atoms with E-state index in [-0.39, 0.29) is 10.6 Å². The van der Waals surface area contributed by atoms with Crippen molar-refractivity contribution in [2.45, 2.75) is 11.8 Å². The summed E-state index contributed by atoms with van der Waals surface area (Å²) in [5, 5.41) is 8.02. The average Bonchev–Trinajstić information content (AvgIpc) is 2.27. The summed E-state index contributed by atoms with van der Waals surface area (Å²) in [6.45, 7) is 2.39. The van der Waals surface area contributed by atoms with E-state index in [0.29, 0.717) is 23.7 Å². The lowest BCUT2D eigenvalue weighted by molar-refractivity contribution is 0.598. The zero-order valence-electron chi connectivity index (χ0n) is 10.0. The van der Waals surface area contributed by atoms with Crippen LogP contribution in [0.2, 0.25) is 0 Å². The average molecular weight is 291 g/mol. The Morgan fingerprint density at radius 1 is 1.39 bits per heavy atom. The van der Waals surface area contributed by atoms with E-state index < -0.39 is 20.8 Å². The molecule has 0 aliphatic heterocycles. The summed E-state index contributed by atoms with van der Waals surface area (Å²) in [5.41, 5.74) is 6.38. The van der Waals surface area contributed by atoms with E-state index in [4.69, 9.17) is 10.9 Å². The number of nitrogens with two attached hydrogens (primary N) is 2. The van der Waals surface area contributed by atoms with Crippen LogP contribution < -0.4 is 16.2 Å². The molecule has 5 N–H and O–H groups in total. The molecular formula is C10H17N3O3S2. The molecule has 0 saturated heterocycles. The predicted octanol–water partition coefficient (Wildman–Crippen LogP) is 0.0967. The normalized spacial score (nSPS) is 13.2. The molecule has 102 valence electrons. The van der Waals surface area contributed by atoms with E-state index in [9.17, 15) is 12.6 Å². The summed E-state index contributed by atoms with van der Waals surface area (Å²) in [5.74, 6) is 1.15. The van der Waals surface area contributed by atoms with Crippen LogP contribution >= 0.6 is 0 Å². The van der Waals surface area contributed by atoms with Crippen LogP contribution in [0.3, 0.4) is 0 Å². The highest BCUT2D eigenvalue weighted by molar-refractivity contribution is 7.89. The second-order valence-corrected chi connectivity index (χ2v) is 7.05. The van der Waals surface area contributed by atoms with E-state index in [1.807, 2.05) is 6.92 Å². The molecule has 6 nitrogen and oxygen atoms in total. The third kappa shape index (κ3) is 4.28. The molecule has 0 radical (unpaired) electrons. The van der Waals surface area contributed by atoms with Crippen molar-refractivity contribution in [1.82, 2.24) is 0 Å². The number of benzene rings is 1. The Morgan fingerprint density at radius 2 is 2.06 bits per heavy atom. The summed E-state index contributed by atoms with van der Waals surface area (Å²) in [6.07, 6.45) is 0. The highest BCUT2D eigenvalue weighted by atomic mass is 32.2. The number of nitrogen functional groups attached to an aromatic ring is 1. The van der Waals surface area contributed by atoms with Gasteiger partial charge in [0.1, 0.15) is 4.90 Å². The number of hydrogen-bond acceptors (Lipinski definition) is 5. The van der Waals surface area contributed by atoms with Crippen LogP contribution in [0.25, 0.3) is 0 Å². The minimum Gasteiger partial charge on any atom is -0.398 e. The predicted molar refractivity (Wildman–Crippen MR) is 74.3 cm³/mol. The summed E-state index contributed by atoms with van der Waals surface area (Å²) in [6, 6.07) is 4.42. The lowest BCUT2D eigenvalue weighted by Gasteiger charge is -2.09. The van der Waals surface area contributed by atoms with Gasteiger partial charge in [-0.15, -0.1) is 0 Å². The maximum absolute atomic E-state index is 11.2. The van der Waals surface area contributed by atoms with Gasteiger partial charge in [0.15, 0.2) is 0 Å². The molecule has 1 unspecified atom stereocenters. The molecule has 0 spiro atoms. The van der Waals surface area contributed by atoms with Gasteiger partial charge < -0.3 is 11.1 Å². The van der Waals surface area contributed by atoms with Crippen LogP contribution in [0.5, 0.6) is 0 Å². The smallest absolute Gasteiger partial charge is 0.240 e. The first-order valence-electron chi connectivity index (χ1n) is 5.35. The van der Waals surface area contributed by atoms with Crippen molar-refractivity contribution in [3.05, 3.63) is 18.2 Å². The third-order valence-corrected chi connectivity index (χ3v) is 4.59. The molecule has 0 amide bonds. The van der Waals surface area contributed by atoms with Crippen molar-refractivity contribution in [3.63, 3.8) is 0 Å². The van der Waals surface area contributed by atoms with E-state index in [1.54, 1.807) is 6.07 Å². The molecule has 1 aromatic carbocycles. The molecule has 0 aliphatic rings. The molecule has 0 bridgehead atoms. The van der Waals surface area contributed by atoms with Gasteiger partial charge in [0.25, 0.3) is 0 Å². The van der Waals surface area contributed by atoms with E-state index in [2.05, 4.69) is 5.32 Å². The quantitative estimate of drug-likeness (QED) is 0.643. The molecular weight excluding hydrogens is 274 g/mol. The van der Waals surface area contributed by atoms with Crippen molar-refractivity contribution in [2.75, 3.05) is 29.1 Å². The number of nitrogens with one attached hydrogen (secondary N) is 1. The first-order valence-corrected chi connectivity index (χ1v) is 8.39. The highest BCUT2D eigenvalue weighted by Gasteiger charge is 2.12. The van der Waals surface area contributed by atoms with E-state index in [1.165, 1.54) is 12.1 Å². The van der Waals surface area contributed by atoms with Gasteiger partial charge in [0.2, 0.25) is 10.0 Å². The van der Waals surface area contributed by atoms with Crippen LogP contribution in [-0.2, 0) is 20.8 Å². The highest BCUT2D eigenvalue weighted by Crippen LogP contribution is 2.21. The Kier molecular flexibility index (Phi) is 5.12. The lowest BCUT2D eigenvalue weighted by atomic mass is 10.3. The number of sulfonamides is 1. The standard InChI is InChI=1S/C10H17N3O3S2/c1-2-17(14)6-5-13-8-3-4-10(9(11)7-8)18(12,15)16/h3-4,7,13H,2,5-6,11H2,1H3,(H2,12,15,16). The molecule has 1 aromatic rings. The van der Waals surface area contributed by atoms with Gasteiger partial charge >= 0.3 is 0 Å². The SMILES string of the molecule is CCS(=O)CCNc1ccc(S(N)(=O)=O)c(N)c1. The van der Waals surface area contributed by atoms with Gasteiger partial charge in [-0.05, 0) is 18.2 Å². The van der Waals surface area contributed by atoms with Gasteiger partial charge in [-0.1, -0.05) is 6.92 Å². The number of hydrogen-bond donors (Lipinski definition) is 3. The minimum absolute atomic E-state index is 0.0924. The first-order chi connectivity index (χ1) is 8.34. The molecule has 8 heteroatoms. The number of primary sulfonamides is 1. The summed E-state index contributed by atoms with van der Waals surface area (Å²) < 4.78 is 33.5. The van der Waals surface area contributed by atoms with Gasteiger partial charge in [-0.3, -0.25) is 4.21 Å². The van der Waals surface area contributed by atoms with Crippen molar-refractivity contribution in [3.8, 4) is 0 Å². The van der Waals surface area contributed by atoms with Crippen LogP contribution in [0.15, 0.2) is 23.1 Å². The Hall–Kier alpha value is -1.12. The van der Waals surface area contributed by atoms with Crippen LogP contribution in [-0.4, -0.2) is 30.7 Å². The fourth-order valence-electron chi connectivity index (χ4n) is 1.37. The molecule has 0 saturated carbocycles. The molecule has 0 heterocycles. The minimum atomic E-state index is -3.79. The molecule has 18 heavy (non-hydrogen) atoms. The van der Waals surface area contributed by atoms with Gasteiger partial charge in [-0.2, -0.15) is 0 Å². The topological polar surface area (TPSA) is 115 Å². The maximum Gasteiger partial charge on any atom is 0.240 e. The Labute approximate surface area is 109 Å². The van der Waals surface area contributed by atoms with Crippen molar-refractivity contribution in [2.24, 2.45) is 5.14 Å². The van der Waals surface area contributed by atoms with Gasteiger partial charge in [0.05, 0.1) is 5.69 Å². The van der Waals surface area contributed by atoms with Crippen LogP contribution in [0.4, 0.5) is 11.4 Å². The molecule has 1 rings (SSSR count). The van der Waals surface area contributed by atoms with E-state index in [0.717, 1.165) is 0 Å². The summed E-state index contributed by atoms with van der Waals surface area (Å²) >= 11 is 0. The molecule has 0 fully saturated rings. The number of rotatable bonds is 6. The fourth-order valence-corrected chi connectivity index (χ4v) is 2.63. The zero-order valence-corrected chi connectivity index (χ0v) is 11.7. The zero-order chi connectivity index (χ0) is 13.8. The fraction of sp³-hybridized carbons (Fsp3) is 0.400. The van der Waals surface area contributed by atoms with Crippen molar-refractivity contribution < 1.29 is 12.6 Å². The van der Waals surface area contributed by atoms with Gasteiger partial charge in [-0.25, -0.2) is 13.6 Å². The molecule has 1 atom stereocenters. The third-order valence-electron chi connectivity index (χ3n) is 2.30. The van der Waals surface area contributed by atoms with Crippen LogP contribution in [0, 0.1) is 0 Å². The number of anilines is 2. The van der Waals surface area contributed by atoms with Crippen molar-refractivity contribution >= 4 is 32.2 Å². The van der Waals surface area contributed by atoms with Crippen LogP contribution in [0.1, 0.15) is 6.92 Å². The Bertz CT molecular complexity index is 543. The second kappa shape index (κ2) is 6.17. The van der Waals surface area contributed by atoms with Gasteiger partial charge in [0, 0.05) is 34.5 Å². The summed E-state index contributed by atoms with van der Waals surface area (Å²) in [7, 11) is -4.62. The molecule has 0 aliphatic carbocycles. The second-order valence-electron chi connectivity index (χ2n) is 3.66. The Morgan fingerprint density at radius 3 is 2.56 bits per heavy atom. The van der Waals surface area contributed by atoms with E-state index >= 15 is 0 Å². The Balaban J connectivity index is 2.71. The largest absolute Gasteiger partial charge is 0.398 e. The summed E-state index contributed by atoms with van der Waals surface area (Å²) in [4.78, 5) is -0.0924. The molecule has 0 aromatic heterocycles. The van der Waals surface area contributed by atoms with Crippen molar-refractivity contribution in [1.29, 1.82) is 0 Å². The lowest BCUT2D eigenvalue weighted by Crippen LogP contribution is -2.15.